The highest BCUT2D eigenvalue weighted by Gasteiger charge is 2.30. The van der Waals surface area contributed by atoms with Crippen molar-refractivity contribution in [2.24, 2.45) is 0 Å². The van der Waals surface area contributed by atoms with E-state index in [-0.39, 0.29) is 12.5 Å². The average Bonchev–Trinajstić information content (AvgIpc) is 3.41. The number of carbonyl (C=O) groups excluding carboxylic acids is 1. The lowest BCUT2D eigenvalue weighted by Gasteiger charge is -2.09. The maximum Gasteiger partial charge on any atom is 0.416 e. The van der Waals surface area contributed by atoms with Gasteiger partial charge >= 0.3 is 12.1 Å². The summed E-state index contributed by atoms with van der Waals surface area (Å²) in [6, 6.07) is 24.6. The smallest absolute Gasteiger partial charge is 0.416 e. The molecule has 0 saturated carbocycles. The molecule has 0 spiro atoms. The Morgan fingerprint density at radius 2 is 1.58 bits per heavy atom. The van der Waals surface area contributed by atoms with Gasteiger partial charge in [-0.05, 0) is 83.9 Å². The normalized spacial score (nSPS) is 11.5. The molecule has 11 heteroatoms. The van der Waals surface area contributed by atoms with Crippen molar-refractivity contribution in [2.45, 2.75) is 12.7 Å². The number of halogens is 5. The highest BCUT2D eigenvalue weighted by Crippen LogP contribution is 2.32. The van der Waals surface area contributed by atoms with Crippen LogP contribution >= 0.6 is 23.2 Å². The van der Waals surface area contributed by atoms with Crippen molar-refractivity contribution in [1.29, 1.82) is 0 Å². The molecule has 1 heterocycles. The number of anilines is 1. The first-order valence-electron chi connectivity index (χ1n) is 13.6. The molecule has 5 rings (SSSR count). The van der Waals surface area contributed by atoms with Crippen LogP contribution in [0.2, 0.25) is 10.0 Å². The van der Waals surface area contributed by atoms with Crippen LogP contribution < -0.4 is 10.1 Å². The number of carbonyl (C=O) groups is 1. The van der Waals surface area contributed by atoms with Crippen LogP contribution in [0.5, 0.6) is 11.5 Å². The lowest BCUT2D eigenvalue weighted by Crippen LogP contribution is -2.14. The number of nitrogens with zero attached hydrogens (tertiary/aromatic N) is 2. The number of imidazole rings is 1. The molecule has 1 aromatic heterocycles. The number of alkyl halides is 3. The van der Waals surface area contributed by atoms with E-state index < -0.39 is 11.7 Å². The summed E-state index contributed by atoms with van der Waals surface area (Å²) < 4.78 is 50.9. The second-order valence-electron chi connectivity index (χ2n) is 9.89. The minimum Gasteiger partial charge on any atom is -0.468 e. The van der Waals surface area contributed by atoms with Crippen LogP contribution in [0.4, 0.5) is 18.9 Å². The van der Waals surface area contributed by atoms with Gasteiger partial charge in [0.1, 0.15) is 23.9 Å². The SMILES string of the molecule is COC(=O)CNc1ccc(Cn2cc(-c3ccc(Cl)cc3Cl)nc2/C=C/c2ccc(Oc3ccc(C(F)(F)F)cc3)cc2)cc1. The van der Waals surface area contributed by atoms with Crippen molar-refractivity contribution < 1.29 is 27.4 Å². The summed E-state index contributed by atoms with van der Waals surface area (Å²) >= 11 is 12.6. The maximum absolute atomic E-state index is 12.8. The van der Waals surface area contributed by atoms with Crippen molar-refractivity contribution in [3.05, 3.63) is 130 Å². The number of hydrogen-bond donors (Lipinski definition) is 1. The Morgan fingerprint density at radius 1 is 0.911 bits per heavy atom. The quantitative estimate of drug-likeness (QED) is 0.152. The van der Waals surface area contributed by atoms with E-state index in [1.165, 1.54) is 19.2 Å². The largest absolute Gasteiger partial charge is 0.468 e. The Labute approximate surface area is 267 Å². The van der Waals surface area contributed by atoms with Gasteiger partial charge in [0.15, 0.2) is 0 Å². The minimum atomic E-state index is -4.40. The molecule has 1 N–H and O–H groups in total. The fraction of sp³-hybridized carbons (Fsp3) is 0.118. The predicted molar refractivity (Wildman–Crippen MR) is 171 cm³/mol. The number of ether oxygens (including phenoxy) is 2. The van der Waals surface area contributed by atoms with Crippen LogP contribution in [0.1, 0.15) is 22.5 Å². The molecule has 0 aliphatic rings. The second kappa shape index (κ2) is 13.9. The van der Waals surface area contributed by atoms with Gasteiger partial charge < -0.3 is 19.4 Å². The number of aromatic nitrogens is 2. The fourth-order valence-electron chi connectivity index (χ4n) is 4.35. The molecule has 4 aromatic carbocycles. The van der Waals surface area contributed by atoms with E-state index in [4.69, 9.17) is 32.9 Å². The van der Waals surface area contributed by atoms with Crippen molar-refractivity contribution >= 4 is 47.0 Å². The Hall–Kier alpha value is -4.73. The zero-order valence-electron chi connectivity index (χ0n) is 23.8. The average molecular weight is 653 g/mol. The first-order chi connectivity index (χ1) is 21.6. The molecule has 0 aliphatic carbocycles. The molecule has 45 heavy (non-hydrogen) atoms. The molecular weight excluding hydrogens is 626 g/mol. The number of esters is 1. The van der Waals surface area contributed by atoms with Gasteiger partial charge in [-0.3, -0.25) is 4.79 Å². The van der Waals surface area contributed by atoms with Crippen LogP contribution in [0, 0.1) is 0 Å². The molecular formula is C34H26Cl2F3N3O3. The third-order valence-corrected chi connectivity index (χ3v) is 7.26. The van der Waals surface area contributed by atoms with Gasteiger partial charge in [-0.1, -0.05) is 53.5 Å². The van der Waals surface area contributed by atoms with Crippen LogP contribution in [-0.4, -0.2) is 29.2 Å². The Bertz CT molecular complexity index is 1800. The first-order valence-corrected chi connectivity index (χ1v) is 14.4. The van der Waals surface area contributed by atoms with E-state index in [0.29, 0.717) is 39.6 Å². The van der Waals surface area contributed by atoms with E-state index in [2.05, 4.69) is 10.1 Å². The Kier molecular flexibility index (Phi) is 9.80. The standard InChI is InChI=1S/C34H26Cl2F3N3O3/c1-44-33(43)19-40-26-10-2-23(3-11-26)20-42-21-31(29-16-9-25(35)18-30(29)36)41-32(42)17-6-22-4-12-27(13-5-22)45-28-14-7-24(8-15-28)34(37,38)39/h2-18,21,40H,19-20H2,1H3/b17-6+. The lowest BCUT2D eigenvalue weighted by molar-refractivity contribution is -0.139. The summed E-state index contributed by atoms with van der Waals surface area (Å²) in [6.07, 6.45) is 1.29. The minimum absolute atomic E-state index is 0.0691. The van der Waals surface area contributed by atoms with Gasteiger partial charge in [0, 0.05) is 29.0 Å². The van der Waals surface area contributed by atoms with Crippen molar-refractivity contribution in [2.75, 3.05) is 19.0 Å². The zero-order chi connectivity index (χ0) is 32.0. The Balaban J connectivity index is 1.34. The third-order valence-electron chi connectivity index (χ3n) is 6.71. The van der Waals surface area contributed by atoms with Gasteiger partial charge in [0.05, 0.1) is 23.4 Å². The maximum atomic E-state index is 12.8. The topological polar surface area (TPSA) is 65.4 Å². The molecule has 0 aliphatic heterocycles. The molecule has 0 atom stereocenters. The van der Waals surface area contributed by atoms with E-state index >= 15 is 0 Å². The van der Waals surface area contributed by atoms with Gasteiger partial charge in [-0.25, -0.2) is 4.98 Å². The zero-order valence-corrected chi connectivity index (χ0v) is 25.3. The van der Waals surface area contributed by atoms with E-state index in [0.717, 1.165) is 34.5 Å². The molecule has 5 aromatic rings. The van der Waals surface area contributed by atoms with Crippen molar-refractivity contribution in [1.82, 2.24) is 9.55 Å². The molecule has 0 radical (unpaired) electrons. The summed E-state index contributed by atoms with van der Waals surface area (Å²) in [5, 5.41) is 4.02. The van der Waals surface area contributed by atoms with Gasteiger partial charge in [0.25, 0.3) is 0 Å². The van der Waals surface area contributed by atoms with E-state index in [1.807, 2.05) is 65.4 Å². The van der Waals surface area contributed by atoms with Crippen molar-refractivity contribution in [3.8, 4) is 22.8 Å². The first kappa shape index (κ1) is 31.7. The molecule has 6 nitrogen and oxygen atoms in total. The number of hydrogen-bond acceptors (Lipinski definition) is 5. The summed E-state index contributed by atoms with van der Waals surface area (Å²) in [5.41, 5.74) is 3.32. The van der Waals surface area contributed by atoms with Gasteiger partial charge in [-0.2, -0.15) is 13.2 Å². The van der Waals surface area contributed by atoms with Crippen LogP contribution in [-0.2, 0) is 22.3 Å². The van der Waals surface area contributed by atoms with Gasteiger partial charge in [0.2, 0.25) is 0 Å². The number of rotatable bonds is 10. The monoisotopic (exact) mass is 651 g/mol. The Morgan fingerprint density at radius 3 is 2.20 bits per heavy atom. The molecule has 0 bridgehead atoms. The second-order valence-corrected chi connectivity index (χ2v) is 10.7. The van der Waals surface area contributed by atoms with Gasteiger partial charge in [-0.15, -0.1) is 0 Å². The molecule has 0 amide bonds. The molecule has 0 saturated heterocycles. The number of nitrogens with one attached hydrogen (secondary N) is 1. The summed E-state index contributed by atoms with van der Waals surface area (Å²) in [4.78, 5) is 16.3. The molecule has 0 unspecified atom stereocenters. The third kappa shape index (κ3) is 8.47. The number of methoxy groups -OCH3 is 1. The summed E-state index contributed by atoms with van der Waals surface area (Å²) in [6.45, 7) is 0.578. The highest BCUT2D eigenvalue weighted by atomic mass is 35.5. The highest BCUT2D eigenvalue weighted by molar-refractivity contribution is 6.36. The molecule has 230 valence electrons. The van der Waals surface area contributed by atoms with E-state index in [1.54, 1.807) is 24.3 Å². The van der Waals surface area contributed by atoms with E-state index in [9.17, 15) is 18.0 Å². The number of benzene rings is 4. The lowest BCUT2D eigenvalue weighted by atomic mass is 10.1. The van der Waals surface area contributed by atoms with Crippen molar-refractivity contribution in [3.63, 3.8) is 0 Å². The summed E-state index contributed by atoms with van der Waals surface area (Å²) in [5.74, 6) is 1.10. The summed E-state index contributed by atoms with van der Waals surface area (Å²) in [7, 11) is 1.34. The van der Waals surface area contributed by atoms with Crippen LogP contribution in [0.15, 0.2) is 97.2 Å². The fourth-order valence-corrected chi connectivity index (χ4v) is 4.86. The predicted octanol–water partition coefficient (Wildman–Crippen LogP) is 9.47. The molecule has 0 fully saturated rings. The van der Waals surface area contributed by atoms with Crippen LogP contribution in [0.25, 0.3) is 23.4 Å². The van der Waals surface area contributed by atoms with Crippen LogP contribution in [0.3, 0.4) is 0 Å².